The van der Waals surface area contributed by atoms with E-state index < -0.39 is 0 Å². The Morgan fingerprint density at radius 1 is 0.846 bits per heavy atom. The molecule has 0 unspecified atom stereocenters. The van der Waals surface area contributed by atoms with Crippen LogP contribution in [0.3, 0.4) is 0 Å². The van der Waals surface area contributed by atoms with E-state index in [4.69, 9.17) is 0 Å². The maximum absolute atomic E-state index is 2.32. The van der Waals surface area contributed by atoms with Crippen LogP contribution in [0.25, 0.3) is 0 Å². The fourth-order valence-corrected chi connectivity index (χ4v) is 1.94. The third-order valence-electron chi connectivity index (χ3n) is 2.77. The lowest BCUT2D eigenvalue weighted by Crippen LogP contribution is -1.83. The van der Waals surface area contributed by atoms with E-state index in [2.05, 4.69) is 25.2 Å². The van der Waals surface area contributed by atoms with E-state index in [1.54, 1.807) is 5.57 Å². The molecule has 0 aromatic rings. The van der Waals surface area contributed by atoms with Crippen molar-refractivity contribution < 1.29 is 0 Å². The van der Waals surface area contributed by atoms with Gasteiger partial charge in [-0.3, -0.25) is 0 Å². The summed E-state index contributed by atoms with van der Waals surface area (Å²) < 4.78 is 0. The largest absolute Gasteiger partial charge is 0.0877 e. The van der Waals surface area contributed by atoms with E-state index in [0.29, 0.717) is 0 Å². The van der Waals surface area contributed by atoms with Crippen LogP contribution in [0.1, 0.15) is 58.3 Å². The third-order valence-corrected chi connectivity index (χ3v) is 2.77. The molecule has 0 nitrogen and oxygen atoms in total. The van der Waals surface area contributed by atoms with Gasteiger partial charge in [0.1, 0.15) is 0 Å². The van der Waals surface area contributed by atoms with Crippen LogP contribution in [0.5, 0.6) is 0 Å². The molecule has 0 radical (unpaired) electrons. The maximum Gasteiger partial charge on any atom is -0.0317 e. The summed E-state index contributed by atoms with van der Waals surface area (Å²) in [5.41, 5.74) is 1.67. The molecule has 1 rings (SSSR count). The molecule has 1 saturated carbocycles. The Morgan fingerprint density at radius 3 is 1.92 bits per heavy atom. The van der Waals surface area contributed by atoms with Crippen molar-refractivity contribution in [2.75, 3.05) is 0 Å². The Bertz CT molecular complexity index is 162. The number of allylic oxidation sites excluding steroid dienone is 4. The smallest absolute Gasteiger partial charge is 0.0317 e. The predicted octanol–water partition coefficient (Wildman–Crippen LogP) is 4.62. The molecule has 0 heterocycles. The van der Waals surface area contributed by atoms with Crippen molar-refractivity contribution in [2.24, 2.45) is 0 Å². The van der Waals surface area contributed by atoms with E-state index >= 15 is 0 Å². The van der Waals surface area contributed by atoms with Crippen LogP contribution < -0.4 is 0 Å². The highest BCUT2D eigenvalue weighted by molar-refractivity contribution is 5.12. The van der Waals surface area contributed by atoms with Crippen molar-refractivity contribution in [3.05, 3.63) is 23.8 Å². The third kappa shape index (κ3) is 4.92. The minimum Gasteiger partial charge on any atom is -0.0877 e. The highest BCUT2D eigenvalue weighted by atomic mass is 14.1. The fourth-order valence-electron chi connectivity index (χ4n) is 1.94. The highest BCUT2D eigenvalue weighted by Gasteiger charge is 2.01. The van der Waals surface area contributed by atoms with Gasteiger partial charge in [-0.1, -0.05) is 49.5 Å². The van der Waals surface area contributed by atoms with Gasteiger partial charge in [-0.25, -0.2) is 0 Å². The van der Waals surface area contributed by atoms with Gasteiger partial charge in [0.25, 0.3) is 0 Å². The predicted molar refractivity (Wildman–Crippen MR) is 59.8 cm³/mol. The molecule has 0 heteroatoms. The standard InChI is InChI=1S/C13H22/c1-2-3-10-13-11-8-6-4-5-7-9-12-13/h2-3,10H,4-9,11-12H2,1H3. The van der Waals surface area contributed by atoms with Crippen molar-refractivity contribution in [3.8, 4) is 0 Å². The Kier molecular flexibility index (Phi) is 5.64. The second-order valence-corrected chi connectivity index (χ2v) is 3.97. The van der Waals surface area contributed by atoms with Gasteiger partial charge in [-0.2, -0.15) is 0 Å². The fraction of sp³-hybridized carbons (Fsp3) is 0.692. The number of hydrogen-bond donors (Lipinski definition) is 0. The summed E-state index contributed by atoms with van der Waals surface area (Å²) in [6.07, 6.45) is 17.9. The van der Waals surface area contributed by atoms with Gasteiger partial charge in [0, 0.05) is 0 Å². The molecule has 74 valence electrons. The summed E-state index contributed by atoms with van der Waals surface area (Å²) in [5, 5.41) is 0. The van der Waals surface area contributed by atoms with Crippen LogP contribution >= 0.6 is 0 Å². The molecule has 0 aromatic carbocycles. The van der Waals surface area contributed by atoms with Gasteiger partial charge in [0.2, 0.25) is 0 Å². The van der Waals surface area contributed by atoms with E-state index in [9.17, 15) is 0 Å². The van der Waals surface area contributed by atoms with Crippen molar-refractivity contribution in [1.29, 1.82) is 0 Å². The molecule has 0 aliphatic heterocycles. The first-order valence-electron chi connectivity index (χ1n) is 5.74. The van der Waals surface area contributed by atoms with Crippen LogP contribution in [0.15, 0.2) is 23.8 Å². The molecule has 0 saturated heterocycles. The van der Waals surface area contributed by atoms with Crippen molar-refractivity contribution in [3.63, 3.8) is 0 Å². The van der Waals surface area contributed by atoms with E-state index in [-0.39, 0.29) is 0 Å². The molecule has 0 N–H and O–H groups in total. The summed E-state index contributed by atoms with van der Waals surface area (Å²) in [6, 6.07) is 0. The molecule has 1 aliphatic rings. The number of hydrogen-bond acceptors (Lipinski definition) is 0. The highest BCUT2D eigenvalue weighted by Crippen LogP contribution is 2.20. The van der Waals surface area contributed by atoms with Gasteiger partial charge in [0.15, 0.2) is 0 Å². The summed E-state index contributed by atoms with van der Waals surface area (Å²) in [5.74, 6) is 0. The molecule has 1 aliphatic carbocycles. The molecule has 0 amide bonds. The van der Waals surface area contributed by atoms with Gasteiger partial charge in [-0.05, 0) is 32.6 Å². The van der Waals surface area contributed by atoms with Crippen LogP contribution in [-0.4, -0.2) is 0 Å². The lowest BCUT2D eigenvalue weighted by molar-refractivity contribution is 0.624. The van der Waals surface area contributed by atoms with Crippen molar-refractivity contribution in [1.82, 2.24) is 0 Å². The van der Waals surface area contributed by atoms with Crippen LogP contribution in [-0.2, 0) is 0 Å². The molecular formula is C13H22. The molecule has 1 fully saturated rings. The Morgan fingerprint density at radius 2 is 1.38 bits per heavy atom. The van der Waals surface area contributed by atoms with E-state index in [1.807, 2.05) is 0 Å². The zero-order valence-electron chi connectivity index (χ0n) is 8.89. The van der Waals surface area contributed by atoms with E-state index in [1.165, 1.54) is 51.4 Å². The quantitative estimate of drug-likeness (QED) is 0.549. The first kappa shape index (κ1) is 10.6. The first-order valence-corrected chi connectivity index (χ1v) is 5.74. The Labute approximate surface area is 82.7 Å². The summed E-state index contributed by atoms with van der Waals surface area (Å²) in [6.45, 7) is 2.09. The normalized spacial score (nSPS) is 20.8. The second-order valence-electron chi connectivity index (χ2n) is 3.97. The zero-order valence-corrected chi connectivity index (χ0v) is 8.89. The van der Waals surface area contributed by atoms with Crippen molar-refractivity contribution >= 4 is 0 Å². The second kappa shape index (κ2) is 6.94. The zero-order chi connectivity index (χ0) is 9.36. The molecule has 0 aromatic heterocycles. The van der Waals surface area contributed by atoms with Crippen LogP contribution in [0, 0.1) is 0 Å². The molecular weight excluding hydrogens is 156 g/mol. The van der Waals surface area contributed by atoms with Gasteiger partial charge >= 0.3 is 0 Å². The Hall–Kier alpha value is -0.520. The van der Waals surface area contributed by atoms with Gasteiger partial charge in [-0.15, -0.1) is 0 Å². The minimum atomic E-state index is 1.34. The number of rotatable bonds is 1. The molecule has 0 atom stereocenters. The SMILES string of the molecule is CC=CC=C1CCCCCCCC1. The lowest BCUT2D eigenvalue weighted by Gasteiger charge is -2.03. The summed E-state index contributed by atoms with van der Waals surface area (Å²) in [7, 11) is 0. The average molecular weight is 178 g/mol. The van der Waals surface area contributed by atoms with Gasteiger partial charge < -0.3 is 0 Å². The first-order chi connectivity index (χ1) is 6.43. The Balaban J connectivity index is 2.40. The topological polar surface area (TPSA) is 0 Å². The lowest BCUT2D eigenvalue weighted by atomic mass is 10.0. The monoisotopic (exact) mass is 178 g/mol. The average Bonchev–Trinajstić information content (AvgIpc) is 2.28. The van der Waals surface area contributed by atoms with E-state index in [0.717, 1.165) is 0 Å². The summed E-state index contributed by atoms with van der Waals surface area (Å²) in [4.78, 5) is 0. The molecule has 0 spiro atoms. The maximum atomic E-state index is 2.32. The van der Waals surface area contributed by atoms with Crippen molar-refractivity contribution in [2.45, 2.75) is 58.3 Å². The summed E-state index contributed by atoms with van der Waals surface area (Å²) >= 11 is 0. The molecule has 13 heavy (non-hydrogen) atoms. The molecule has 0 bridgehead atoms. The van der Waals surface area contributed by atoms with Gasteiger partial charge in [0.05, 0.1) is 0 Å². The minimum absolute atomic E-state index is 1.34. The van der Waals surface area contributed by atoms with Crippen LogP contribution in [0.4, 0.5) is 0 Å². The van der Waals surface area contributed by atoms with Crippen LogP contribution in [0.2, 0.25) is 0 Å².